The lowest BCUT2D eigenvalue weighted by Gasteiger charge is -2.12. The topological polar surface area (TPSA) is 95.4 Å². The Balaban J connectivity index is 2.16. The van der Waals surface area contributed by atoms with Crippen LogP contribution in [0.2, 0.25) is 0 Å². The number of alkyl halides is 4. The first kappa shape index (κ1) is 21.7. The van der Waals surface area contributed by atoms with Gasteiger partial charge in [0.15, 0.2) is 12.4 Å². The van der Waals surface area contributed by atoms with Crippen LogP contribution in [0.1, 0.15) is 11.3 Å². The van der Waals surface area contributed by atoms with Crippen LogP contribution in [0.5, 0.6) is 5.75 Å². The molecule has 0 saturated carbocycles. The Kier molecular flexibility index (Phi) is 5.56. The molecule has 0 aliphatic heterocycles. The normalized spacial score (nSPS) is 12.2. The van der Waals surface area contributed by atoms with E-state index in [0.29, 0.717) is 0 Å². The molecule has 0 radical (unpaired) electrons. The van der Waals surface area contributed by atoms with Crippen molar-refractivity contribution in [1.82, 2.24) is 5.16 Å². The summed E-state index contributed by atoms with van der Waals surface area (Å²) in [4.78, 5) is -0.776. The average Bonchev–Trinajstić information content (AvgIpc) is 3.05. The molecule has 2 N–H and O–H groups in total. The SMILES string of the molecule is Cc1ccc(-c2noc(CF)c2-c2ccc(S(N)(=O)=O)c(F)c2)cc1OC(F)(F)F. The van der Waals surface area contributed by atoms with Crippen LogP contribution in [-0.4, -0.2) is 19.9 Å². The molecular formula is C18H13F5N2O4S. The second kappa shape index (κ2) is 7.69. The lowest BCUT2D eigenvalue weighted by atomic mass is 9.98. The van der Waals surface area contributed by atoms with Crippen molar-refractivity contribution in [3.8, 4) is 28.1 Å². The number of nitrogens with zero attached hydrogens (tertiary/aromatic N) is 1. The van der Waals surface area contributed by atoms with Gasteiger partial charge in [0.1, 0.15) is 22.2 Å². The minimum Gasteiger partial charge on any atom is -0.405 e. The highest BCUT2D eigenvalue weighted by molar-refractivity contribution is 7.89. The molecular weight excluding hydrogens is 435 g/mol. The number of nitrogens with two attached hydrogens (primary N) is 1. The summed E-state index contributed by atoms with van der Waals surface area (Å²) >= 11 is 0. The number of benzene rings is 2. The van der Waals surface area contributed by atoms with Gasteiger partial charge < -0.3 is 9.26 Å². The maximum Gasteiger partial charge on any atom is 0.573 e. The number of hydrogen-bond donors (Lipinski definition) is 1. The van der Waals surface area contributed by atoms with E-state index in [-0.39, 0.29) is 33.7 Å². The number of hydrogen-bond acceptors (Lipinski definition) is 5. The highest BCUT2D eigenvalue weighted by Crippen LogP contribution is 2.38. The number of aromatic nitrogens is 1. The predicted octanol–water partition coefficient (Wildman–Crippen LogP) is 4.47. The average molecular weight is 448 g/mol. The zero-order valence-electron chi connectivity index (χ0n) is 15.1. The monoisotopic (exact) mass is 448 g/mol. The summed E-state index contributed by atoms with van der Waals surface area (Å²) in [5, 5.41) is 8.60. The molecule has 0 aliphatic carbocycles. The number of rotatable bonds is 5. The predicted molar refractivity (Wildman–Crippen MR) is 94.9 cm³/mol. The fourth-order valence-corrected chi connectivity index (χ4v) is 3.37. The number of aryl methyl sites for hydroxylation is 1. The summed E-state index contributed by atoms with van der Waals surface area (Å²) in [7, 11) is -4.34. The van der Waals surface area contributed by atoms with E-state index in [1.54, 1.807) is 0 Å². The second-order valence-electron chi connectivity index (χ2n) is 6.18. The van der Waals surface area contributed by atoms with Gasteiger partial charge in [-0.25, -0.2) is 22.3 Å². The van der Waals surface area contributed by atoms with E-state index in [1.165, 1.54) is 19.1 Å². The molecule has 0 unspecified atom stereocenters. The van der Waals surface area contributed by atoms with Crippen molar-refractivity contribution in [3.63, 3.8) is 0 Å². The molecule has 6 nitrogen and oxygen atoms in total. The first-order valence-corrected chi connectivity index (χ1v) is 9.69. The van der Waals surface area contributed by atoms with Gasteiger partial charge >= 0.3 is 6.36 Å². The van der Waals surface area contributed by atoms with Crippen molar-refractivity contribution >= 4 is 10.0 Å². The van der Waals surface area contributed by atoms with Crippen molar-refractivity contribution in [2.75, 3.05) is 0 Å². The Morgan fingerprint density at radius 2 is 1.80 bits per heavy atom. The molecule has 2 aromatic carbocycles. The van der Waals surface area contributed by atoms with Crippen LogP contribution >= 0.6 is 0 Å². The third-order valence-electron chi connectivity index (χ3n) is 4.10. The lowest BCUT2D eigenvalue weighted by molar-refractivity contribution is -0.274. The summed E-state index contributed by atoms with van der Waals surface area (Å²) in [6, 6.07) is 6.58. The summed E-state index contributed by atoms with van der Waals surface area (Å²) in [6.07, 6.45) is -4.94. The standard InChI is InChI=1S/C18H13F5N2O4S/c1-9-2-3-11(7-13(9)28-18(21,22)23)17-16(14(8-19)29-25-17)10-4-5-15(12(20)6-10)30(24,26)27/h2-7H,8H2,1H3,(H2,24,26,27). The van der Waals surface area contributed by atoms with Gasteiger partial charge in [-0.1, -0.05) is 23.4 Å². The minimum absolute atomic E-state index is 0.0114. The molecule has 0 amide bonds. The Morgan fingerprint density at radius 1 is 1.13 bits per heavy atom. The number of halogens is 5. The fraction of sp³-hybridized carbons (Fsp3) is 0.167. The number of ether oxygens (including phenoxy) is 1. The van der Waals surface area contributed by atoms with Gasteiger partial charge in [-0.3, -0.25) is 0 Å². The first-order valence-electron chi connectivity index (χ1n) is 8.14. The quantitative estimate of drug-likeness (QED) is 0.581. The second-order valence-corrected chi connectivity index (χ2v) is 7.71. The van der Waals surface area contributed by atoms with Crippen molar-refractivity contribution < 1.29 is 39.6 Å². The van der Waals surface area contributed by atoms with Gasteiger partial charge in [0, 0.05) is 5.56 Å². The highest BCUT2D eigenvalue weighted by Gasteiger charge is 2.32. The molecule has 0 saturated heterocycles. The van der Waals surface area contributed by atoms with Crippen LogP contribution in [0.25, 0.3) is 22.4 Å². The van der Waals surface area contributed by atoms with Crippen molar-refractivity contribution in [1.29, 1.82) is 0 Å². The number of primary sulfonamides is 1. The van der Waals surface area contributed by atoms with Crippen molar-refractivity contribution in [2.24, 2.45) is 5.14 Å². The summed E-state index contributed by atoms with van der Waals surface area (Å²) < 4.78 is 97.2. The van der Waals surface area contributed by atoms with Gasteiger partial charge in [-0.2, -0.15) is 0 Å². The van der Waals surface area contributed by atoms with E-state index in [1.807, 2.05) is 0 Å². The molecule has 0 atom stereocenters. The summed E-state index contributed by atoms with van der Waals surface area (Å²) in [5.41, 5.74) is 0.101. The summed E-state index contributed by atoms with van der Waals surface area (Å²) in [5.74, 6) is -2.03. The molecule has 0 spiro atoms. The van der Waals surface area contributed by atoms with Crippen LogP contribution in [0.4, 0.5) is 22.0 Å². The van der Waals surface area contributed by atoms with E-state index in [2.05, 4.69) is 9.89 Å². The highest BCUT2D eigenvalue weighted by atomic mass is 32.2. The summed E-state index contributed by atoms with van der Waals surface area (Å²) in [6.45, 7) is 0.238. The molecule has 1 heterocycles. The Bertz CT molecular complexity index is 1210. The van der Waals surface area contributed by atoms with E-state index in [9.17, 15) is 30.4 Å². The zero-order valence-corrected chi connectivity index (χ0v) is 15.9. The molecule has 160 valence electrons. The fourth-order valence-electron chi connectivity index (χ4n) is 2.78. The molecule has 0 fully saturated rings. The van der Waals surface area contributed by atoms with Crippen LogP contribution in [0.3, 0.4) is 0 Å². The van der Waals surface area contributed by atoms with E-state index in [4.69, 9.17) is 9.66 Å². The molecule has 12 heteroatoms. The van der Waals surface area contributed by atoms with Crippen LogP contribution < -0.4 is 9.88 Å². The maximum atomic E-state index is 14.3. The van der Waals surface area contributed by atoms with Gasteiger partial charge in [0.05, 0.1) is 5.56 Å². The van der Waals surface area contributed by atoms with E-state index >= 15 is 0 Å². The Labute approximate surface area is 167 Å². The lowest BCUT2D eigenvalue weighted by Crippen LogP contribution is -2.17. The maximum absolute atomic E-state index is 14.3. The number of sulfonamides is 1. The van der Waals surface area contributed by atoms with Crippen molar-refractivity contribution in [3.05, 3.63) is 53.5 Å². The van der Waals surface area contributed by atoms with E-state index in [0.717, 1.165) is 24.3 Å². The molecule has 1 aromatic heterocycles. The third kappa shape index (κ3) is 4.44. The molecule has 30 heavy (non-hydrogen) atoms. The van der Waals surface area contributed by atoms with Crippen molar-refractivity contribution in [2.45, 2.75) is 24.9 Å². The largest absolute Gasteiger partial charge is 0.573 e. The first-order chi connectivity index (χ1) is 13.9. The smallest absolute Gasteiger partial charge is 0.405 e. The Hall–Kier alpha value is -2.99. The third-order valence-corrected chi connectivity index (χ3v) is 5.04. The zero-order chi connectivity index (χ0) is 22.3. The van der Waals surface area contributed by atoms with Gasteiger partial charge in [-0.05, 0) is 36.2 Å². The molecule has 0 aliphatic rings. The molecule has 3 rings (SSSR count). The van der Waals surface area contributed by atoms with Crippen LogP contribution in [0, 0.1) is 12.7 Å². The Morgan fingerprint density at radius 3 is 2.37 bits per heavy atom. The van der Waals surface area contributed by atoms with Crippen LogP contribution in [-0.2, 0) is 16.7 Å². The van der Waals surface area contributed by atoms with Gasteiger partial charge in [0.25, 0.3) is 0 Å². The van der Waals surface area contributed by atoms with Crippen LogP contribution in [0.15, 0.2) is 45.8 Å². The van der Waals surface area contributed by atoms with Gasteiger partial charge in [-0.15, -0.1) is 13.2 Å². The molecule has 3 aromatic rings. The van der Waals surface area contributed by atoms with Gasteiger partial charge in [0.2, 0.25) is 10.0 Å². The van der Waals surface area contributed by atoms with E-state index < -0.39 is 39.5 Å². The minimum atomic E-state index is -4.94. The molecule has 0 bridgehead atoms.